The van der Waals surface area contributed by atoms with Gasteiger partial charge < -0.3 is 15.1 Å². The van der Waals surface area contributed by atoms with E-state index in [0.29, 0.717) is 12.6 Å². The number of rotatable bonds is 3. The Morgan fingerprint density at radius 3 is 2.88 bits per heavy atom. The monoisotopic (exact) mass is 339 g/mol. The summed E-state index contributed by atoms with van der Waals surface area (Å²) in [7, 11) is 0. The number of nitrogens with zero attached hydrogens (tertiary/aromatic N) is 1. The first-order valence-corrected chi connectivity index (χ1v) is 7.50. The number of hydrogen-bond acceptors (Lipinski definition) is 4. The third-order valence-corrected chi connectivity index (χ3v) is 3.86. The van der Waals surface area contributed by atoms with E-state index in [4.69, 9.17) is 4.42 Å². The number of carbonyl (C=O) groups is 1. The van der Waals surface area contributed by atoms with Crippen LogP contribution in [0.15, 0.2) is 34.9 Å². The lowest BCUT2D eigenvalue weighted by molar-refractivity contribution is -0.137. The lowest BCUT2D eigenvalue weighted by Gasteiger charge is -2.09. The van der Waals surface area contributed by atoms with Gasteiger partial charge in [0.1, 0.15) is 0 Å². The van der Waals surface area contributed by atoms with Crippen molar-refractivity contribution in [3.63, 3.8) is 0 Å². The highest BCUT2D eigenvalue weighted by Gasteiger charge is 2.31. The quantitative estimate of drug-likeness (QED) is 0.902. The predicted octanol–water partition coefficient (Wildman–Crippen LogP) is 2.84. The van der Waals surface area contributed by atoms with Crippen molar-refractivity contribution in [3.8, 4) is 11.3 Å². The van der Waals surface area contributed by atoms with Crippen LogP contribution in [0, 0.1) is 0 Å². The summed E-state index contributed by atoms with van der Waals surface area (Å²) in [5, 5.41) is 5.99. The Morgan fingerprint density at radius 2 is 2.21 bits per heavy atom. The maximum Gasteiger partial charge on any atom is 0.416 e. The van der Waals surface area contributed by atoms with Crippen molar-refractivity contribution in [3.05, 3.63) is 41.9 Å². The van der Waals surface area contributed by atoms with Gasteiger partial charge in [0.05, 0.1) is 11.8 Å². The lowest BCUT2D eigenvalue weighted by atomic mass is 10.1. The average Bonchev–Trinajstić information content (AvgIpc) is 3.16. The molecule has 1 aliphatic heterocycles. The van der Waals surface area contributed by atoms with E-state index in [1.54, 1.807) is 0 Å². The zero-order valence-electron chi connectivity index (χ0n) is 12.9. The maximum atomic E-state index is 12.8. The minimum absolute atomic E-state index is 0.0172. The van der Waals surface area contributed by atoms with Crippen molar-refractivity contribution in [1.29, 1.82) is 0 Å². The van der Waals surface area contributed by atoms with E-state index < -0.39 is 17.6 Å². The first-order valence-electron chi connectivity index (χ1n) is 7.50. The van der Waals surface area contributed by atoms with Crippen LogP contribution >= 0.6 is 0 Å². The molecule has 0 saturated carbocycles. The van der Waals surface area contributed by atoms with E-state index >= 15 is 0 Å². The maximum absolute atomic E-state index is 12.8. The molecule has 1 aromatic heterocycles. The summed E-state index contributed by atoms with van der Waals surface area (Å²) >= 11 is 0. The van der Waals surface area contributed by atoms with Gasteiger partial charge in [-0.3, -0.25) is 4.79 Å². The Bertz CT molecular complexity index is 742. The number of hydrogen-bond donors (Lipinski definition) is 2. The highest BCUT2D eigenvalue weighted by Crippen LogP contribution is 2.32. The molecule has 3 rings (SSSR count). The zero-order chi connectivity index (χ0) is 17.3. The number of aromatic nitrogens is 1. The smallest absolute Gasteiger partial charge is 0.416 e. The van der Waals surface area contributed by atoms with E-state index in [2.05, 4.69) is 15.6 Å². The molecule has 1 amide bonds. The third kappa shape index (κ3) is 3.59. The van der Waals surface area contributed by atoms with Crippen molar-refractivity contribution in [2.24, 2.45) is 0 Å². The van der Waals surface area contributed by atoms with Gasteiger partial charge in [0.2, 0.25) is 0 Å². The molecule has 0 spiro atoms. The molecule has 2 N–H and O–H groups in total. The molecule has 2 aromatic rings. The number of amides is 1. The van der Waals surface area contributed by atoms with Crippen LogP contribution in [0.2, 0.25) is 0 Å². The van der Waals surface area contributed by atoms with Crippen LogP contribution in [0.5, 0.6) is 0 Å². The van der Waals surface area contributed by atoms with Crippen LogP contribution in [0.3, 0.4) is 0 Å². The number of benzene rings is 1. The van der Waals surface area contributed by atoms with E-state index in [1.807, 2.05) is 6.92 Å². The van der Waals surface area contributed by atoms with Gasteiger partial charge >= 0.3 is 12.1 Å². The van der Waals surface area contributed by atoms with Crippen molar-refractivity contribution in [1.82, 2.24) is 15.6 Å². The highest BCUT2D eigenvalue weighted by molar-refractivity contribution is 5.90. The molecule has 1 saturated heterocycles. The summed E-state index contributed by atoms with van der Waals surface area (Å²) in [6, 6.07) is 5.00. The fourth-order valence-electron chi connectivity index (χ4n) is 2.66. The van der Waals surface area contributed by atoms with Gasteiger partial charge in [-0.05, 0) is 25.5 Å². The standard InChI is InChI=1S/C16H16F3N3O2/c1-9-5-12(7-20-9)22-14(23)15-21-8-13(24-15)10-3-2-4-11(6-10)16(17,18)19/h2-4,6,8-9,12,20H,5,7H2,1H3,(H,22,23)/t9-,12-/m1/s1. The summed E-state index contributed by atoms with van der Waals surface area (Å²) in [6.07, 6.45) is -2.39. The molecule has 2 atom stereocenters. The zero-order valence-corrected chi connectivity index (χ0v) is 12.9. The average molecular weight is 339 g/mol. The van der Waals surface area contributed by atoms with Gasteiger partial charge in [-0.25, -0.2) is 4.98 Å². The molecule has 128 valence electrons. The van der Waals surface area contributed by atoms with E-state index in [-0.39, 0.29) is 23.3 Å². The summed E-state index contributed by atoms with van der Waals surface area (Å²) in [5.74, 6) is -0.528. The van der Waals surface area contributed by atoms with Crippen LogP contribution in [-0.4, -0.2) is 29.5 Å². The molecule has 0 unspecified atom stereocenters. The first-order chi connectivity index (χ1) is 11.3. The number of halogens is 3. The van der Waals surface area contributed by atoms with Gasteiger partial charge in [-0.2, -0.15) is 13.2 Å². The van der Waals surface area contributed by atoms with Crippen molar-refractivity contribution >= 4 is 5.91 Å². The van der Waals surface area contributed by atoms with Gasteiger partial charge in [0.25, 0.3) is 5.89 Å². The van der Waals surface area contributed by atoms with Gasteiger partial charge in [-0.15, -0.1) is 0 Å². The number of nitrogens with one attached hydrogen (secondary N) is 2. The highest BCUT2D eigenvalue weighted by atomic mass is 19.4. The number of carbonyl (C=O) groups excluding carboxylic acids is 1. The predicted molar refractivity (Wildman–Crippen MR) is 80.3 cm³/mol. The number of oxazole rings is 1. The number of alkyl halides is 3. The molecule has 0 aliphatic carbocycles. The van der Waals surface area contributed by atoms with Gasteiger partial charge in [0, 0.05) is 24.2 Å². The van der Waals surface area contributed by atoms with Gasteiger partial charge in [-0.1, -0.05) is 12.1 Å². The normalized spacial score (nSPS) is 21.0. The van der Waals surface area contributed by atoms with Crippen molar-refractivity contribution in [2.45, 2.75) is 31.6 Å². The minimum Gasteiger partial charge on any atom is -0.432 e. The topological polar surface area (TPSA) is 67.2 Å². The molecule has 1 fully saturated rings. The Balaban J connectivity index is 1.74. The largest absolute Gasteiger partial charge is 0.432 e. The summed E-state index contributed by atoms with van der Waals surface area (Å²) < 4.78 is 43.6. The van der Waals surface area contributed by atoms with Crippen molar-refractivity contribution in [2.75, 3.05) is 6.54 Å². The minimum atomic E-state index is -4.44. The molecular formula is C16H16F3N3O2. The van der Waals surface area contributed by atoms with Crippen LogP contribution in [0.25, 0.3) is 11.3 Å². The second-order valence-electron chi connectivity index (χ2n) is 5.82. The van der Waals surface area contributed by atoms with Crippen LogP contribution in [-0.2, 0) is 6.18 Å². The SMILES string of the molecule is C[C@@H]1C[C@@H](NC(=O)c2ncc(-c3cccc(C(F)(F)F)c3)o2)CN1. The van der Waals surface area contributed by atoms with Gasteiger partial charge in [0.15, 0.2) is 5.76 Å². The Labute approximate surface area is 136 Å². The molecule has 8 heteroatoms. The molecule has 24 heavy (non-hydrogen) atoms. The Hall–Kier alpha value is -2.35. The Morgan fingerprint density at radius 1 is 1.42 bits per heavy atom. The summed E-state index contributed by atoms with van der Waals surface area (Å²) in [4.78, 5) is 16.0. The second kappa shape index (κ2) is 6.27. The van der Waals surface area contributed by atoms with E-state index in [9.17, 15) is 18.0 Å². The molecule has 5 nitrogen and oxygen atoms in total. The molecule has 0 bridgehead atoms. The van der Waals surface area contributed by atoms with Crippen LogP contribution in [0.1, 0.15) is 29.6 Å². The van der Waals surface area contributed by atoms with E-state index in [0.717, 1.165) is 18.6 Å². The lowest BCUT2D eigenvalue weighted by Crippen LogP contribution is -2.36. The van der Waals surface area contributed by atoms with Crippen LogP contribution in [0.4, 0.5) is 13.2 Å². The van der Waals surface area contributed by atoms with E-state index in [1.165, 1.54) is 18.3 Å². The Kier molecular flexibility index (Phi) is 4.31. The first kappa shape index (κ1) is 16.5. The molecule has 1 aromatic carbocycles. The molecule has 2 heterocycles. The van der Waals surface area contributed by atoms with Crippen molar-refractivity contribution < 1.29 is 22.4 Å². The van der Waals surface area contributed by atoms with Crippen LogP contribution < -0.4 is 10.6 Å². The second-order valence-corrected chi connectivity index (χ2v) is 5.82. The summed E-state index contributed by atoms with van der Waals surface area (Å²) in [6.45, 7) is 2.68. The summed E-state index contributed by atoms with van der Waals surface area (Å²) in [5.41, 5.74) is -0.569. The molecular weight excluding hydrogens is 323 g/mol. The fraction of sp³-hybridized carbons (Fsp3) is 0.375. The molecule has 1 aliphatic rings. The third-order valence-electron chi connectivity index (χ3n) is 3.86. The fourth-order valence-corrected chi connectivity index (χ4v) is 2.66. The molecule has 0 radical (unpaired) electrons.